The lowest BCUT2D eigenvalue weighted by Gasteiger charge is -2.21. The van der Waals surface area contributed by atoms with Crippen LogP contribution in [0.15, 0.2) is 48.9 Å². The summed E-state index contributed by atoms with van der Waals surface area (Å²) in [7, 11) is 1.66. The van der Waals surface area contributed by atoms with Crippen LogP contribution >= 0.6 is 11.3 Å². The molecule has 2 atom stereocenters. The van der Waals surface area contributed by atoms with Crippen LogP contribution in [0.2, 0.25) is 0 Å². The summed E-state index contributed by atoms with van der Waals surface area (Å²) in [6.07, 6.45) is 4.23. The maximum absolute atomic E-state index is 12.1. The Morgan fingerprint density at radius 1 is 1.28 bits per heavy atom. The molecule has 1 amide bonds. The SMILES string of the molecule is C=Cc1cccc(O[C@]2(c3cccs3)C[C@@H]2C(=O)NC)c1C=C.CC. The Balaban J connectivity index is 0.00000109. The molecule has 1 saturated carbocycles. The van der Waals surface area contributed by atoms with Crippen LogP contribution in [-0.2, 0) is 10.4 Å². The fourth-order valence-electron chi connectivity index (χ4n) is 2.92. The van der Waals surface area contributed by atoms with Crippen LogP contribution in [0.25, 0.3) is 12.2 Å². The first-order valence-corrected chi connectivity index (χ1v) is 9.36. The number of ether oxygens (including phenoxy) is 1. The van der Waals surface area contributed by atoms with Crippen LogP contribution in [0.1, 0.15) is 36.3 Å². The van der Waals surface area contributed by atoms with Crippen molar-refractivity contribution in [3.05, 3.63) is 64.9 Å². The fraction of sp³-hybridized carbons (Fsp3) is 0.286. The van der Waals surface area contributed by atoms with Gasteiger partial charge in [0.05, 0.1) is 5.92 Å². The van der Waals surface area contributed by atoms with E-state index in [2.05, 4.69) is 18.5 Å². The van der Waals surface area contributed by atoms with E-state index in [1.54, 1.807) is 30.5 Å². The molecule has 1 aliphatic carbocycles. The third-order valence-electron chi connectivity index (χ3n) is 4.23. The van der Waals surface area contributed by atoms with Gasteiger partial charge in [-0.15, -0.1) is 11.3 Å². The molecule has 4 heteroatoms. The van der Waals surface area contributed by atoms with Crippen molar-refractivity contribution in [2.45, 2.75) is 25.9 Å². The maximum atomic E-state index is 12.1. The molecule has 25 heavy (non-hydrogen) atoms. The Morgan fingerprint density at radius 3 is 2.60 bits per heavy atom. The summed E-state index contributed by atoms with van der Waals surface area (Å²) in [6, 6.07) is 9.83. The van der Waals surface area contributed by atoms with Crippen LogP contribution in [0, 0.1) is 5.92 Å². The predicted molar refractivity (Wildman–Crippen MR) is 107 cm³/mol. The number of carbonyl (C=O) groups excluding carboxylic acids is 1. The topological polar surface area (TPSA) is 38.3 Å². The first-order valence-electron chi connectivity index (χ1n) is 8.48. The minimum absolute atomic E-state index is 0.0124. The predicted octanol–water partition coefficient (Wildman–Crippen LogP) is 5.10. The van der Waals surface area contributed by atoms with E-state index in [1.165, 1.54) is 0 Å². The van der Waals surface area contributed by atoms with Crippen molar-refractivity contribution in [1.82, 2.24) is 5.32 Å². The molecule has 1 heterocycles. The van der Waals surface area contributed by atoms with Crippen molar-refractivity contribution in [2.24, 2.45) is 5.92 Å². The van der Waals surface area contributed by atoms with Crippen LogP contribution in [0.4, 0.5) is 0 Å². The van der Waals surface area contributed by atoms with Gasteiger partial charge in [-0.05, 0) is 23.1 Å². The molecule has 3 rings (SSSR count). The highest BCUT2D eigenvalue weighted by atomic mass is 32.1. The van der Waals surface area contributed by atoms with E-state index < -0.39 is 5.60 Å². The van der Waals surface area contributed by atoms with Crippen molar-refractivity contribution < 1.29 is 9.53 Å². The van der Waals surface area contributed by atoms with Crippen molar-refractivity contribution in [3.8, 4) is 5.75 Å². The number of carbonyl (C=O) groups is 1. The van der Waals surface area contributed by atoms with E-state index in [1.807, 2.05) is 49.6 Å². The van der Waals surface area contributed by atoms with Crippen LogP contribution in [-0.4, -0.2) is 13.0 Å². The zero-order chi connectivity index (χ0) is 18.4. The average molecular weight is 356 g/mol. The first kappa shape index (κ1) is 19.0. The lowest BCUT2D eigenvalue weighted by molar-refractivity contribution is -0.123. The normalized spacial score (nSPS) is 20.7. The van der Waals surface area contributed by atoms with E-state index in [4.69, 9.17) is 4.74 Å². The second-order valence-electron chi connectivity index (χ2n) is 5.51. The molecule has 0 radical (unpaired) electrons. The molecular weight excluding hydrogens is 330 g/mol. The van der Waals surface area contributed by atoms with Gasteiger partial charge in [0.2, 0.25) is 5.91 Å². The first-order chi connectivity index (χ1) is 12.2. The molecule has 0 bridgehead atoms. The molecule has 132 valence electrons. The van der Waals surface area contributed by atoms with E-state index in [-0.39, 0.29) is 11.8 Å². The number of nitrogens with one attached hydrogen (secondary N) is 1. The molecule has 1 N–H and O–H groups in total. The van der Waals surface area contributed by atoms with Gasteiger partial charge in [-0.3, -0.25) is 4.79 Å². The quantitative estimate of drug-likeness (QED) is 0.783. The van der Waals surface area contributed by atoms with Gasteiger partial charge in [-0.2, -0.15) is 0 Å². The zero-order valence-corrected chi connectivity index (χ0v) is 15.9. The molecule has 0 spiro atoms. The maximum Gasteiger partial charge on any atom is 0.227 e. The molecule has 0 unspecified atom stereocenters. The Bertz CT molecular complexity index is 751. The van der Waals surface area contributed by atoms with Crippen LogP contribution in [0.5, 0.6) is 5.75 Å². The fourth-order valence-corrected chi connectivity index (χ4v) is 3.85. The molecule has 0 saturated heterocycles. The summed E-state index contributed by atoms with van der Waals surface area (Å²) >= 11 is 1.62. The molecule has 1 fully saturated rings. The monoisotopic (exact) mass is 355 g/mol. The molecule has 3 nitrogen and oxygen atoms in total. The second-order valence-corrected chi connectivity index (χ2v) is 6.45. The Labute approximate surface area is 154 Å². The number of benzene rings is 1. The smallest absolute Gasteiger partial charge is 0.227 e. The summed E-state index contributed by atoms with van der Waals surface area (Å²) in [5, 5.41) is 4.74. The third-order valence-corrected chi connectivity index (χ3v) is 5.26. The minimum atomic E-state index is -0.578. The number of hydrogen-bond acceptors (Lipinski definition) is 3. The molecule has 2 aromatic rings. The highest BCUT2D eigenvalue weighted by Gasteiger charge is 2.63. The largest absolute Gasteiger partial charge is 0.480 e. The second kappa shape index (κ2) is 8.17. The van der Waals surface area contributed by atoms with Gasteiger partial charge in [0.1, 0.15) is 5.75 Å². The summed E-state index contributed by atoms with van der Waals surface area (Å²) in [5.41, 5.74) is 1.29. The zero-order valence-electron chi connectivity index (χ0n) is 15.0. The van der Waals surface area contributed by atoms with Crippen molar-refractivity contribution in [3.63, 3.8) is 0 Å². The molecule has 1 aliphatic rings. The number of rotatable bonds is 6. The summed E-state index contributed by atoms with van der Waals surface area (Å²) in [5.74, 6) is 0.576. The van der Waals surface area contributed by atoms with Gasteiger partial charge in [-0.1, -0.05) is 57.4 Å². The van der Waals surface area contributed by atoms with Crippen molar-refractivity contribution >= 4 is 29.4 Å². The summed E-state index contributed by atoms with van der Waals surface area (Å²) < 4.78 is 6.39. The lowest BCUT2D eigenvalue weighted by atomic mass is 10.1. The van der Waals surface area contributed by atoms with E-state index >= 15 is 0 Å². The van der Waals surface area contributed by atoms with E-state index in [9.17, 15) is 4.79 Å². The molecule has 0 aliphatic heterocycles. The van der Waals surface area contributed by atoms with Gasteiger partial charge in [0, 0.05) is 23.9 Å². The minimum Gasteiger partial charge on any atom is -0.480 e. The average Bonchev–Trinajstić information content (AvgIpc) is 3.11. The van der Waals surface area contributed by atoms with E-state index in [0.717, 1.165) is 21.8 Å². The molecular formula is C21H25NO2S. The summed E-state index contributed by atoms with van der Waals surface area (Å²) in [4.78, 5) is 13.2. The van der Waals surface area contributed by atoms with Gasteiger partial charge < -0.3 is 10.1 Å². The van der Waals surface area contributed by atoms with Gasteiger partial charge in [0.15, 0.2) is 5.60 Å². The molecule has 1 aromatic carbocycles. The van der Waals surface area contributed by atoms with E-state index in [0.29, 0.717) is 6.42 Å². The van der Waals surface area contributed by atoms with Crippen LogP contribution < -0.4 is 10.1 Å². The van der Waals surface area contributed by atoms with Crippen LogP contribution in [0.3, 0.4) is 0 Å². The number of thiophene rings is 1. The highest BCUT2D eigenvalue weighted by molar-refractivity contribution is 7.10. The standard InChI is InChI=1S/C19H19NO2S.C2H6/c1-4-13-8-6-9-16(14(13)5-2)22-19(17-10-7-11-23-17)12-15(19)18(21)20-3;1-2/h4-11,15H,1-2,12H2,3H3,(H,20,21);1-2H3/t15-,19-;/m1./s1. The lowest BCUT2D eigenvalue weighted by Crippen LogP contribution is -2.28. The van der Waals surface area contributed by atoms with Crippen molar-refractivity contribution in [1.29, 1.82) is 0 Å². The van der Waals surface area contributed by atoms with Gasteiger partial charge >= 0.3 is 0 Å². The third kappa shape index (κ3) is 3.54. The van der Waals surface area contributed by atoms with Gasteiger partial charge in [-0.25, -0.2) is 0 Å². The Hall–Kier alpha value is -2.33. The number of amides is 1. The Morgan fingerprint density at radius 2 is 2.04 bits per heavy atom. The summed E-state index contributed by atoms with van der Waals surface area (Å²) in [6.45, 7) is 11.7. The van der Waals surface area contributed by atoms with Gasteiger partial charge in [0.25, 0.3) is 0 Å². The Kier molecular flexibility index (Phi) is 6.21. The number of hydrogen-bond donors (Lipinski definition) is 1. The molecule has 1 aromatic heterocycles. The highest BCUT2D eigenvalue weighted by Crippen LogP contribution is 2.57. The van der Waals surface area contributed by atoms with Crippen molar-refractivity contribution in [2.75, 3.05) is 7.05 Å².